The molecule has 0 bridgehead atoms. The van der Waals surface area contributed by atoms with Crippen LogP contribution in [0.25, 0.3) is 0 Å². The summed E-state index contributed by atoms with van der Waals surface area (Å²) in [6.45, 7) is 0.719. The van der Waals surface area contributed by atoms with Gasteiger partial charge in [0.1, 0.15) is 0 Å². The average Bonchev–Trinajstić information content (AvgIpc) is 2.05. The van der Waals surface area contributed by atoms with E-state index in [0.29, 0.717) is 0 Å². The lowest BCUT2D eigenvalue weighted by atomic mass is 10.2. The molecular formula is C8H7N2. The highest BCUT2D eigenvalue weighted by molar-refractivity contribution is 5.80. The first-order chi connectivity index (χ1) is 4.97. The number of nitrogens with zero attached hydrogens (tertiary/aromatic N) is 1. The van der Waals surface area contributed by atoms with Gasteiger partial charge in [-0.2, -0.15) is 0 Å². The van der Waals surface area contributed by atoms with Crippen molar-refractivity contribution in [3.63, 3.8) is 0 Å². The Morgan fingerprint density at radius 3 is 3.20 bits per heavy atom. The van der Waals surface area contributed by atoms with Crippen LogP contribution in [0.3, 0.4) is 0 Å². The summed E-state index contributed by atoms with van der Waals surface area (Å²) in [6, 6.07) is 7.94. The number of nitrogens with one attached hydrogen (secondary N) is 1. The van der Waals surface area contributed by atoms with E-state index in [4.69, 9.17) is 0 Å². The molecule has 2 rings (SSSR count). The third-order valence-corrected chi connectivity index (χ3v) is 1.46. The van der Waals surface area contributed by atoms with E-state index in [-0.39, 0.29) is 0 Å². The Balaban J connectivity index is 2.54. The molecule has 0 aromatic heterocycles. The van der Waals surface area contributed by atoms with Crippen LogP contribution >= 0.6 is 0 Å². The molecule has 0 saturated heterocycles. The highest BCUT2D eigenvalue weighted by atomic mass is 14.9. The minimum absolute atomic E-state index is 0.719. The summed E-state index contributed by atoms with van der Waals surface area (Å²) >= 11 is 0. The molecule has 1 aromatic rings. The largest absolute Gasteiger partial charge is 0.378 e. The Hall–Kier alpha value is -1.31. The second-order valence-electron chi connectivity index (χ2n) is 2.14. The summed E-state index contributed by atoms with van der Waals surface area (Å²) in [5.41, 5.74) is 2.08. The summed E-state index contributed by atoms with van der Waals surface area (Å²) in [5, 5.41) is 3.16. The summed E-state index contributed by atoms with van der Waals surface area (Å²) in [7, 11) is 0. The second-order valence-corrected chi connectivity index (χ2v) is 2.14. The van der Waals surface area contributed by atoms with Crippen molar-refractivity contribution in [2.75, 3.05) is 11.9 Å². The van der Waals surface area contributed by atoms with E-state index in [1.54, 1.807) is 0 Å². The molecule has 1 aliphatic heterocycles. The van der Waals surface area contributed by atoms with Crippen molar-refractivity contribution < 1.29 is 0 Å². The molecule has 0 fully saturated rings. The molecule has 1 heterocycles. The van der Waals surface area contributed by atoms with E-state index in [1.807, 2.05) is 24.3 Å². The zero-order chi connectivity index (χ0) is 6.81. The molecule has 1 N–H and O–H groups in total. The van der Waals surface area contributed by atoms with Gasteiger partial charge in [0.25, 0.3) is 0 Å². The molecule has 0 unspecified atom stereocenters. The number of aliphatic imine (C=N–C) groups is 1. The molecule has 1 aliphatic rings. The monoisotopic (exact) mass is 131 g/mol. The van der Waals surface area contributed by atoms with Gasteiger partial charge in [-0.3, -0.25) is 0 Å². The fourth-order valence-electron chi connectivity index (χ4n) is 0.980. The molecular weight excluding hydrogens is 124 g/mol. The lowest BCUT2D eigenvalue weighted by Crippen LogP contribution is -2.05. The van der Waals surface area contributed by atoms with Crippen LogP contribution in [0, 0.1) is 0 Å². The third kappa shape index (κ3) is 0.778. The van der Waals surface area contributed by atoms with Crippen molar-refractivity contribution in [1.82, 2.24) is 0 Å². The molecule has 0 aliphatic carbocycles. The summed E-state index contributed by atoms with van der Waals surface area (Å²) < 4.78 is 0. The molecule has 2 nitrogen and oxygen atoms in total. The van der Waals surface area contributed by atoms with E-state index in [0.717, 1.165) is 17.9 Å². The molecule has 2 heteroatoms. The minimum atomic E-state index is 0.719. The number of para-hydroxylation sites is 2. The van der Waals surface area contributed by atoms with E-state index in [1.165, 1.54) is 0 Å². The van der Waals surface area contributed by atoms with Gasteiger partial charge in [0.15, 0.2) is 0 Å². The number of anilines is 1. The van der Waals surface area contributed by atoms with Crippen molar-refractivity contribution in [2.45, 2.75) is 0 Å². The van der Waals surface area contributed by atoms with Gasteiger partial charge in [-0.15, -0.1) is 0 Å². The van der Waals surface area contributed by atoms with Crippen molar-refractivity contribution in [3.05, 3.63) is 24.3 Å². The molecule has 0 amide bonds. The van der Waals surface area contributed by atoms with E-state index < -0.39 is 0 Å². The summed E-state index contributed by atoms with van der Waals surface area (Å²) in [4.78, 5) is 4.08. The van der Waals surface area contributed by atoms with E-state index in [9.17, 15) is 0 Å². The van der Waals surface area contributed by atoms with E-state index >= 15 is 0 Å². The maximum Gasteiger partial charge on any atom is 0.0865 e. The molecule has 1 radical (unpaired) electrons. The van der Waals surface area contributed by atoms with Gasteiger partial charge in [0.2, 0.25) is 0 Å². The highest BCUT2D eigenvalue weighted by Crippen LogP contribution is 2.24. The topological polar surface area (TPSA) is 24.4 Å². The molecule has 10 heavy (non-hydrogen) atoms. The van der Waals surface area contributed by atoms with Crippen LogP contribution in [-0.2, 0) is 0 Å². The SMILES string of the molecule is [C]1=Nc2ccccc2NC1. The maximum absolute atomic E-state index is 4.08. The first-order valence-corrected chi connectivity index (χ1v) is 3.23. The van der Waals surface area contributed by atoms with Gasteiger partial charge >= 0.3 is 0 Å². The van der Waals surface area contributed by atoms with E-state index in [2.05, 4.69) is 16.5 Å². The number of rotatable bonds is 0. The first kappa shape index (κ1) is 5.47. The third-order valence-electron chi connectivity index (χ3n) is 1.46. The molecule has 0 saturated carbocycles. The summed E-state index contributed by atoms with van der Waals surface area (Å²) in [6.07, 6.45) is 2.85. The van der Waals surface area contributed by atoms with Crippen LogP contribution in [0.4, 0.5) is 11.4 Å². The Morgan fingerprint density at radius 2 is 2.30 bits per heavy atom. The van der Waals surface area contributed by atoms with Crippen LogP contribution in [0.2, 0.25) is 0 Å². The van der Waals surface area contributed by atoms with Crippen LogP contribution in [-0.4, -0.2) is 12.8 Å². The Labute approximate surface area is 59.6 Å². The van der Waals surface area contributed by atoms with Gasteiger partial charge in [-0.25, -0.2) is 4.99 Å². The maximum atomic E-state index is 4.08. The average molecular weight is 131 g/mol. The molecule has 1 aromatic carbocycles. The van der Waals surface area contributed by atoms with Crippen molar-refractivity contribution >= 4 is 17.6 Å². The number of hydrogen-bond acceptors (Lipinski definition) is 2. The Kier molecular flexibility index (Phi) is 1.17. The number of benzene rings is 1. The fourth-order valence-corrected chi connectivity index (χ4v) is 0.980. The van der Waals surface area contributed by atoms with Gasteiger partial charge in [-0.1, -0.05) is 12.1 Å². The Bertz CT molecular complexity index is 266. The lowest BCUT2D eigenvalue weighted by molar-refractivity contribution is 1.34. The smallest absolute Gasteiger partial charge is 0.0865 e. The fraction of sp³-hybridized carbons (Fsp3) is 0.125. The quantitative estimate of drug-likeness (QED) is 0.569. The zero-order valence-electron chi connectivity index (χ0n) is 5.46. The van der Waals surface area contributed by atoms with Crippen LogP contribution in [0.5, 0.6) is 0 Å². The Morgan fingerprint density at radius 1 is 1.40 bits per heavy atom. The number of hydrogen-bond donors (Lipinski definition) is 1. The highest BCUT2D eigenvalue weighted by Gasteiger charge is 2.00. The summed E-state index contributed by atoms with van der Waals surface area (Å²) in [5.74, 6) is 0. The van der Waals surface area contributed by atoms with Crippen molar-refractivity contribution in [1.29, 1.82) is 0 Å². The van der Waals surface area contributed by atoms with Gasteiger partial charge in [0.05, 0.1) is 24.1 Å². The predicted octanol–water partition coefficient (Wildman–Crippen LogP) is 1.69. The minimum Gasteiger partial charge on any atom is -0.378 e. The lowest BCUT2D eigenvalue weighted by Gasteiger charge is -2.09. The van der Waals surface area contributed by atoms with Crippen molar-refractivity contribution in [2.24, 2.45) is 4.99 Å². The zero-order valence-corrected chi connectivity index (χ0v) is 5.46. The standard InChI is InChI=1S/C8H7N2/c1-2-4-8-7(3-1)9-5-6-10-8/h1-4,9H,5H2. The first-order valence-electron chi connectivity index (χ1n) is 3.23. The number of fused-ring (bicyclic) bond motifs is 1. The van der Waals surface area contributed by atoms with Gasteiger partial charge in [0, 0.05) is 0 Å². The molecule has 0 spiro atoms. The van der Waals surface area contributed by atoms with Gasteiger partial charge in [-0.05, 0) is 12.1 Å². The van der Waals surface area contributed by atoms with Gasteiger partial charge < -0.3 is 5.32 Å². The predicted molar refractivity (Wildman–Crippen MR) is 42.0 cm³/mol. The van der Waals surface area contributed by atoms with Crippen LogP contribution < -0.4 is 5.32 Å². The molecule has 49 valence electrons. The normalized spacial score (nSPS) is 14.0. The van der Waals surface area contributed by atoms with Crippen LogP contribution in [0.1, 0.15) is 0 Å². The molecule has 0 atom stereocenters. The second kappa shape index (κ2) is 2.14. The van der Waals surface area contributed by atoms with Crippen molar-refractivity contribution in [3.8, 4) is 0 Å². The van der Waals surface area contributed by atoms with Crippen LogP contribution in [0.15, 0.2) is 29.3 Å².